The highest BCUT2D eigenvalue weighted by atomic mass is 19.1. The van der Waals surface area contributed by atoms with Crippen LogP contribution in [0.3, 0.4) is 0 Å². The molecule has 0 bridgehead atoms. The zero-order valence-corrected chi connectivity index (χ0v) is 23.2. The maximum absolute atomic E-state index is 14.5. The van der Waals surface area contributed by atoms with Crippen LogP contribution in [0.5, 0.6) is 17.2 Å². The van der Waals surface area contributed by atoms with E-state index in [2.05, 4.69) is 32.0 Å². The molecule has 6 rings (SSSR count). The van der Waals surface area contributed by atoms with Gasteiger partial charge in [0.2, 0.25) is 0 Å². The third kappa shape index (κ3) is 5.30. The van der Waals surface area contributed by atoms with Gasteiger partial charge in [-0.25, -0.2) is 18.6 Å². The molecule has 0 radical (unpaired) electrons. The largest absolute Gasteiger partial charge is 0.497 e. The molecule has 3 heterocycles. The number of hydrogen-bond acceptors (Lipinski definition) is 9. The summed E-state index contributed by atoms with van der Waals surface area (Å²) >= 11 is 0. The summed E-state index contributed by atoms with van der Waals surface area (Å²) in [4.78, 5) is 20.3. The molecular formula is C30H27F2N7O4. The summed E-state index contributed by atoms with van der Waals surface area (Å²) < 4.78 is 46.4. The molecule has 0 amide bonds. The fraction of sp³-hybridized carbons (Fsp3) is 0.233. The normalized spacial score (nSPS) is 16.6. The maximum Gasteiger partial charge on any atom is 0.328 e. The number of H-pyrrole nitrogens is 1. The fourth-order valence-electron chi connectivity index (χ4n) is 5.29. The van der Waals surface area contributed by atoms with Crippen molar-refractivity contribution in [3.05, 3.63) is 93.0 Å². The molecule has 2 unspecified atom stereocenters. The molecule has 0 spiro atoms. The van der Waals surface area contributed by atoms with Gasteiger partial charge in [-0.1, -0.05) is 0 Å². The van der Waals surface area contributed by atoms with Gasteiger partial charge >= 0.3 is 5.69 Å². The molecule has 220 valence electrons. The number of rotatable bonds is 8. The van der Waals surface area contributed by atoms with Gasteiger partial charge in [0.1, 0.15) is 28.8 Å². The number of nitriles is 1. The molecule has 0 aliphatic carbocycles. The predicted molar refractivity (Wildman–Crippen MR) is 156 cm³/mol. The van der Waals surface area contributed by atoms with E-state index in [9.17, 15) is 18.8 Å². The number of imidazole rings is 1. The topological polar surface area (TPSA) is 138 Å². The summed E-state index contributed by atoms with van der Waals surface area (Å²) in [6.07, 6.45) is 1.09. The van der Waals surface area contributed by atoms with Crippen LogP contribution in [-0.2, 0) is 6.54 Å². The first-order chi connectivity index (χ1) is 20.9. The zero-order chi connectivity index (χ0) is 30.1. The number of aliphatic imine (C=N–C) groups is 1. The van der Waals surface area contributed by atoms with E-state index in [1.165, 1.54) is 16.8 Å². The van der Waals surface area contributed by atoms with Crippen LogP contribution in [0.2, 0.25) is 0 Å². The van der Waals surface area contributed by atoms with E-state index >= 15 is 0 Å². The van der Waals surface area contributed by atoms with E-state index in [0.717, 1.165) is 11.6 Å². The minimum atomic E-state index is -0.823. The lowest BCUT2D eigenvalue weighted by atomic mass is 9.99. The van der Waals surface area contributed by atoms with Crippen molar-refractivity contribution in [1.29, 1.82) is 5.26 Å². The van der Waals surface area contributed by atoms with Crippen molar-refractivity contribution in [1.82, 2.24) is 9.55 Å². The summed E-state index contributed by atoms with van der Waals surface area (Å²) in [7, 11) is 3.17. The maximum atomic E-state index is 14.5. The molecule has 43 heavy (non-hydrogen) atoms. The van der Waals surface area contributed by atoms with Crippen LogP contribution in [0.1, 0.15) is 34.8 Å². The van der Waals surface area contributed by atoms with Crippen LogP contribution >= 0.6 is 0 Å². The second-order valence-corrected chi connectivity index (χ2v) is 9.89. The van der Waals surface area contributed by atoms with E-state index in [4.69, 9.17) is 14.2 Å². The average molecular weight is 588 g/mol. The molecule has 13 heteroatoms. The van der Waals surface area contributed by atoms with Gasteiger partial charge in [0, 0.05) is 36.2 Å². The number of methoxy groups -OCH3 is 2. The number of aromatic nitrogens is 2. The van der Waals surface area contributed by atoms with E-state index in [-0.39, 0.29) is 17.9 Å². The first-order valence-corrected chi connectivity index (χ1v) is 13.4. The third-order valence-electron chi connectivity index (χ3n) is 7.33. The summed E-state index contributed by atoms with van der Waals surface area (Å²) in [5.41, 5.74) is 2.78. The monoisotopic (exact) mass is 587 g/mol. The Bertz CT molecular complexity index is 1830. The number of nitrogens with zero attached hydrogens (tertiary/aromatic N) is 3. The number of aromatic amines is 1. The van der Waals surface area contributed by atoms with Crippen molar-refractivity contribution in [2.45, 2.75) is 25.3 Å². The van der Waals surface area contributed by atoms with Gasteiger partial charge in [0.05, 0.1) is 56.1 Å². The number of halogens is 2. The van der Waals surface area contributed by atoms with Crippen molar-refractivity contribution in [3.8, 4) is 23.3 Å². The number of ether oxygens (including phenoxy) is 3. The number of hydrogen-bond donors (Lipinski definition) is 4. The van der Waals surface area contributed by atoms with Gasteiger partial charge in [-0.3, -0.25) is 4.57 Å². The van der Waals surface area contributed by atoms with Crippen molar-refractivity contribution in [2.24, 2.45) is 4.99 Å². The Morgan fingerprint density at radius 3 is 2.79 bits per heavy atom. The van der Waals surface area contributed by atoms with E-state index < -0.39 is 29.7 Å². The van der Waals surface area contributed by atoms with Gasteiger partial charge < -0.3 is 35.1 Å². The summed E-state index contributed by atoms with van der Waals surface area (Å²) in [6, 6.07) is 14.1. The molecule has 2 atom stereocenters. The SMILES string of the molecule is COc1ccc(CNc2ccc(C#N)cc2NC2N=Cc3[nH]c(=O)n(C4CCOc5c(F)cc(F)cc54)c3N2)c(OC)c1. The lowest BCUT2D eigenvalue weighted by Crippen LogP contribution is -2.34. The third-order valence-corrected chi connectivity index (χ3v) is 7.33. The molecular weight excluding hydrogens is 560 g/mol. The number of anilines is 3. The van der Waals surface area contributed by atoms with Crippen LogP contribution in [-0.4, -0.2) is 42.9 Å². The van der Waals surface area contributed by atoms with Gasteiger partial charge in [0.25, 0.3) is 0 Å². The van der Waals surface area contributed by atoms with Gasteiger partial charge in [-0.2, -0.15) is 5.26 Å². The highest BCUT2D eigenvalue weighted by molar-refractivity contribution is 5.87. The number of fused-ring (bicyclic) bond motifs is 2. The predicted octanol–water partition coefficient (Wildman–Crippen LogP) is 4.57. The van der Waals surface area contributed by atoms with Crippen LogP contribution in [0, 0.1) is 23.0 Å². The Hall–Kier alpha value is -5.51. The van der Waals surface area contributed by atoms with E-state index in [0.29, 0.717) is 52.9 Å². The lowest BCUT2D eigenvalue weighted by molar-refractivity contribution is 0.242. The Morgan fingerprint density at radius 2 is 2.00 bits per heavy atom. The van der Waals surface area contributed by atoms with Gasteiger partial charge in [0.15, 0.2) is 17.9 Å². The van der Waals surface area contributed by atoms with Crippen molar-refractivity contribution < 1.29 is 23.0 Å². The Morgan fingerprint density at radius 1 is 1.14 bits per heavy atom. The highest BCUT2D eigenvalue weighted by Crippen LogP contribution is 2.39. The minimum absolute atomic E-state index is 0.0730. The highest BCUT2D eigenvalue weighted by Gasteiger charge is 2.32. The van der Waals surface area contributed by atoms with Gasteiger partial charge in [-0.15, -0.1) is 0 Å². The van der Waals surface area contributed by atoms with Crippen LogP contribution in [0.15, 0.2) is 58.3 Å². The Labute approximate surface area is 244 Å². The molecule has 11 nitrogen and oxygen atoms in total. The quantitative estimate of drug-likeness (QED) is 0.235. The molecule has 0 saturated carbocycles. The minimum Gasteiger partial charge on any atom is -0.497 e. The lowest BCUT2D eigenvalue weighted by Gasteiger charge is -2.30. The zero-order valence-electron chi connectivity index (χ0n) is 23.2. The average Bonchev–Trinajstić information content (AvgIpc) is 3.34. The molecule has 4 aromatic rings. The summed E-state index contributed by atoms with van der Waals surface area (Å²) in [5, 5.41) is 19.4. The second-order valence-electron chi connectivity index (χ2n) is 9.89. The van der Waals surface area contributed by atoms with Crippen molar-refractivity contribution >= 4 is 23.4 Å². The molecule has 2 aliphatic heterocycles. The van der Waals surface area contributed by atoms with Crippen LogP contribution < -0.4 is 35.9 Å². The Kier molecular flexibility index (Phi) is 7.33. The summed E-state index contributed by atoms with van der Waals surface area (Å²) in [6.45, 7) is 0.560. The standard InChI is InChI=1S/C30H27F2N7O4/c1-41-19-5-4-17(26(12-19)42-2)14-34-22-6-3-16(13-33)9-23(22)36-29-35-15-24-28(38-29)39(30(40)37-24)25-7-8-43-27-20(25)10-18(31)11-21(27)32/h3-6,9-12,15,25,29,34,36,38H,7-8,14H2,1-2H3,(H,37,40). The van der Waals surface area contributed by atoms with E-state index in [1.807, 2.05) is 12.1 Å². The second kappa shape index (κ2) is 11.4. The Balaban J connectivity index is 1.27. The summed E-state index contributed by atoms with van der Waals surface area (Å²) in [5.74, 6) is 0.0644. The fourth-order valence-corrected chi connectivity index (χ4v) is 5.29. The van der Waals surface area contributed by atoms with Crippen molar-refractivity contribution in [3.63, 3.8) is 0 Å². The molecule has 0 fully saturated rings. The van der Waals surface area contributed by atoms with Gasteiger partial charge in [-0.05, 0) is 36.4 Å². The first kappa shape index (κ1) is 27.6. The van der Waals surface area contributed by atoms with Crippen molar-refractivity contribution in [2.75, 3.05) is 36.8 Å². The first-order valence-electron chi connectivity index (χ1n) is 13.4. The van der Waals surface area contributed by atoms with Crippen LogP contribution in [0.4, 0.5) is 26.0 Å². The number of nitrogens with one attached hydrogen (secondary N) is 4. The number of benzene rings is 3. The molecule has 0 saturated heterocycles. The molecule has 4 N–H and O–H groups in total. The molecule has 1 aromatic heterocycles. The van der Waals surface area contributed by atoms with Crippen LogP contribution in [0.25, 0.3) is 0 Å². The molecule has 3 aromatic carbocycles. The smallest absolute Gasteiger partial charge is 0.328 e. The molecule has 2 aliphatic rings. The van der Waals surface area contributed by atoms with E-state index in [1.54, 1.807) is 38.5 Å².